The minimum atomic E-state index is -4.07. The summed E-state index contributed by atoms with van der Waals surface area (Å²) in [6.45, 7) is 1.46. The van der Waals surface area contributed by atoms with Gasteiger partial charge in [0.1, 0.15) is 5.76 Å². The third kappa shape index (κ3) is 4.80. The van der Waals surface area contributed by atoms with Crippen molar-refractivity contribution < 1.29 is 26.2 Å². The van der Waals surface area contributed by atoms with Gasteiger partial charge in [-0.15, -0.1) is 0 Å². The van der Waals surface area contributed by atoms with Gasteiger partial charge in [0, 0.05) is 19.4 Å². The van der Waals surface area contributed by atoms with Gasteiger partial charge in [0.05, 0.1) is 22.0 Å². The Morgan fingerprint density at radius 3 is 2.42 bits per heavy atom. The second-order valence-corrected chi connectivity index (χ2v) is 9.22. The molecule has 0 atom stereocenters. The summed E-state index contributed by atoms with van der Waals surface area (Å²) in [5.41, 5.74) is 0.159. The number of sulfone groups is 1. The fraction of sp³-hybridized carbons (Fsp3) is 0.286. The summed E-state index contributed by atoms with van der Waals surface area (Å²) in [5.74, 6) is 0.288. The van der Waals surface area contributed by atoms with Gasteiger partial charge in [-0.1, -0.05) is 5.16 Å². The fourth-order valence-electron chi connectivity index (χ4n) is 2.19. The van der Waals surface area contributed by atoms with Crippen LogP contribution in [0.2, 0.25) is 0 Å². The first kappa shape index (κ1) is 19.9. The molecule has 0 bridgehead atoms. The van der Waals surface area contributed by atoms with Gasteiger partial charge in [0.25, 0.3) is 0 Å². The quantitative estimate of drug-likeness (QED) is 0.690. The maximum atomic E-state index is 12.1. The average Bonchev–Trinajstić information content (AvgIpc) is 2.89. The van der Waals surface area contributed by atoms with Crippen LogP contribution in [0.25, 0.3) is 0 Å². The molecule has 0 aliphatic rings. The molecule has 0 unspecified atom stereocenters. The summed E-state index contributed by atoms with van der Waals surface area (Å²) >= 11 is 0. The number of anilines is 2. The van der Waals surface area contributed by atoms with Crippen LogP contribution in [0.1, 0.15) is 5.76 Å². The normalized spacial score (nSPS) is 12.0. The number of carbonyl (C=O) groups is 1. The van der Waals surface area contributed by atoms with Gasteiger partial charge in [-0.2, -0.15) is 0 Å². The minimum Gasteiger partial charge on any atom is -0.364 e. The number of hydrogen-bond donors (Lipinski definition) is 2. The number of aromatic nitrogens is 1. The van der Waals surface area contributed by atoms with Crippen LogP contribution in [0.15, 0.2) is 38.6 Å². The van der Waals surface area contributed by atoms with Crippen LogP contribution in [0, 0.1) is 6.92 Å². The summed E-state index contributed by atoms with van der Waals surface area (Å²) in [4.78, 5) is 12.9. The molecule has 3 N–H and O–H groups in total. The summed E-state index contributed by atoms with van der Waals surface area (Å²) in [6, 6.07) is 4.95. The van der Waals surface area contributed by atoms with Gasteiger partial charge in [-0.25, -0.2) is 22.0 Å². The molecule has 0 spiro atoms. The number of benzene rings is 1. The molecule has 26 heavy (non-hydrogen) atoms. The number of rotatable bonds is 6. The first-order chi connectivity index (χ1) is 11.9. The Morgan fingerprint density at radius 2 is 1.92 bits per heavy atom. The van der Waals surface area contributed by atoms with Gasteiger partial charge in [0.15, 0.2) is 15.7 Å². The molecule has 0 aliphatic carbocycles. The van der Waals surface area contributed by atoms with Crippen molar-refractivity contribution in [2.24, 2.45) is 5.14 Å². The zero-order chi connectivity index (χ0) is 19.7. The number of primary sulfonamides is 1. The van der Waals surface area contributed by atoms with Crippen molar-refractivity contribution >= 4 is 37.3 Å². The topological polar surface area (TPSA) is 153 Å². The van der Waals surface area contributed by atoms with Gasteiger partial charge >= 0.3 is 0 Å². The van der Waals surface area contributed by atoms with Crippen LogP contribution in [-0.4, -0.2) is 47.7 Å². The van der Waals surface area contributed by atoms with E-state index in [-0.39, 0.29) is 27.8 Å². The highest BCUT2D eigenvalue weighted by Crippen LogP contribution is 2.27. The molecule has 1 amide bonds. The fourth-order valence-corrected chi connectivity index (χ4v) is 3.75. The number of nitrogens with two attached hydrogens (primary N) is 1. The van der Waals surface area contributed by atoms with Crippen LogP contribution in [0.3, 0.4) is 0 Å². The summed E-state index contributed by atoms with van der Waals surface area (Å²) in [7, 11) is -6.35. The van der Waals surface area contributed by atoms with Gasteiger partial charge < -0.3 is 14.7 Å². The Hall–Kier alpha value is -2.44. The van der Waals surface area contributed by atoms with Crippen molar-refractivity contribution in [3.63, 3.8) is 0 Å². The standard InChI is InChI=1S/C14H18N4O6S2/c1-9-6-13(17-24-9)16-14(19)8-18(2)11-5-4-10(26(15,22)23)7-12(11)25(3,20)21/h4-7H,8H2,1-3H3,(H2,15,22,23)(H,16,17,19). The van der Waals surface area contributed by atoms with E-state index in [1.807, 2.05) is 0 Å². The van der Waals surface area contributed by atoms with Crippen LogP contribution in [-0.2, 0) is 24.7 Å². The van der Waals surface area contributed by atoms with E-state index in [1.54, 1.807) is 6.92 Å². The predicted octanol–water partition coefficient (Wildman–Crippen LogP) is 0.109. The van der Waals surface area contributed by atoms with E-state index in [1.165, 1.54) is 30.1 Å². The lowest BCUT2D eigenvalue weighted by Crippen LogP contribution is -2.31. The minimum absolute atomic E-state index is 0.159. The highest BCUT2D eigenvalue weighted by Gasteiger charge is 2.21. The van der Waals surface area contributed by atoms with Crippen molar-refractivity contribution in [2.75, 3.05) is 30.1 Å². The number of nitrogens with zero attached hydrogens (tertiary/aromatic N) is 2. The Morgan fingerprint density at radius 1 is 1.27 bits per heavy atom. The lowest BCUT2D eigenvalue weighted by atomic mass is 10.3. The van der Waals surface area contributed by atoms with E-state index in [0.717, 1.165) is 12.3 Å². The van der Waals surface area contributed by atoms with Crippen LogP contribution in [0.5, 0.6) is 0 Å². The van der Waals surface area contributed by atoms with E-state index >= 15 is 0 Å². The lowest BCUT2D eigenvalue weighted by Gasteiger charge is -2.21. The van der Waals surface area contributed by atoms with Gasteiger partial charge in [-0.3, -0.25) is 4.79 Å². The molecule has 1 aromatic heterocycles. The Bertz CT molecular complexity index is 1040. The number of amides is 1. The smallest absolute Gasteiger partial charge is 0.245 e. The lowest BCUT2D eigenvalue weighted by molar-refractivity contribution is -0.115. The predicted molar refractivity (Wildman–Crippen MR) is 94.1 cm³/mol. The number of carbonyl (C=O) groups excluding carboxylic acids is 1. The first-order valence-corrected chi connectivity index (χ1v) is 10.6. The molecule has 0 radical (unpaired) electrons. The second-order valence-electron chi connectivity index (χ2n) is 5.67. The highest BCUT2D eigenvalue weighted by molar-refractivity contribution is 7.91. The molecule has 0 fully saturated rings. The average molecular weight is 402 g/mol. The van der Waals surface area contributed by atoms with Crippen molar-refractivity contribution in [1.29, 1.82) is 0 Å². The summed E-state index contributed by atoms with van der Waals surface area (Å²) in [5, 5.41) is 11.2. The van der Waals surface area contributed by atoms with E-state index in [0.29, 0.717) is 5.76 Å². The number of hydrogen-bond acceptors (Lipinski definition) is 8. The Kier molecular flexibility index (Phi) is 5.39. The van der Waals surface area contributed by atoms with E-state index < -0.39 is 25.8 Å². The molecule has 0 saturated heterocycles. The monoisotopic (exact) mass is 402 g/mol. The number of aryl methyl sites for hydroxylation is 1. The van der Waals surface area contributed by atoms with Crippen molar-refractivity contribution in [3.8, 4) is 0 Å². The van der Waals surface area contributed by atoms with E-state index in [2.05, 4.69) is 10.5 Å². The molecule has 10 nitrogen and oxygen atoms in total. The number of nitrogens with one attached hydrogen (secondary N) is 1. The molecule has 142 valence electrons. The first-order valence-electron chi connectivity index (χ1n) is 7.19. The SMILES string of the molecule is Cc1cc(NC(=O)CN(C)c2ccc(S(N)(=O)=O)cc2S(C)(=O)=O)no1. The Labute approximate surface area is 150 Å². The zero-order valence-corrected chi connectivity index (χ0v) is 15.9. The van der Waals surface area contributed by atoms with Crippen LogP contribution in [0.4, 0.5) is 11.5 Å². The van der Waals surface area contributed by atoms with Crippen LogP contribution < -0.4 is 15.4 Å². The van der Waals surface area contributed by atoms with E-state index in [4.69, 9.17) is 9.66 Å². The molecule has 2 rings (SSSR count). The van der Waals surface area contributed by atoms with E-state index in [9.17, 15) is 21.6 Å². The van der Waals surface area contributed by atoms with Crippen LogP contribution >= 0.6 is 0 Å². The maximum Gasteiger partial charge on any atom is 0.245 e. The molecule has 12 heteroatoms. The molecular formula is C14H18N4O6S2. The summed E-state index contributed by atoms with van der Waals surface area (Å²) in [6.07, 6.45) is 0.935. The summed E-state index contributed by atoms with van der Waals surface area (Å²) < 4.78 is 51.8. The molecule has 0 saturated carbocycles. The van der Waals surface area contributed by atoms with Gasteiger partial charge in [-0.05, 0) is 25.1 Å². The largest absolute Gasteiger partial charge is 0.364 e. The van der Waals surface area contributed by atoms with Crippen molar-refractivity contribution in [2.45, 2.75) is 16.7 Å². The molecule has 0 aliphatic heterocycles. The Balaban J connectivity index is 2.30. The molecule has 1 aromatic carbocycles. The number of sulfonamides is 1. The number of likely N-dealkylation sites (N-methyl/N-ethyl adjacent to an activating group) is 1. The molecule has 2 aromatic rings. The third-order valence-electron chi connectivity index (χ3n) is 3.35. The second kappa shape index (κ2) is 7.05. The third-order valence-corrected chi connectivity index (χ3v) is 5.38. The molecule has 1 heterocycles. The van der Waals surface area contributed by atoms with Crippen molar-refractivity contribution in [3.05, 3.63) is 30.0 Å². The highest BCUT2D eigenvalue weighted by atomic mass is 32.2. The van der Waals surface area contributed by atoms with Crippen molar-refractivity contribution in [1.82, 2.24) is 5.16 Å². The maximum absolute atomic E-state index is 12.1. The van der Waals surface area contributed by atoms with Gasteiger partial charge in [0.2, 0.25) is 15.9 Å². The molecular weight excluding hydrogens is 384 g/mol. The zero-order valence-electron chi connectivity index (χ0n) is 14.3.